The molecule has 0 saturated carbocycles. The van der Waals surface area contributed by atoms with Crippen LogP contribution in [0.1, 0.15) is 55.3 Å². The van der Waals surface area contributed by atoms with Gasteiger partial charge in [-0.15, -0.1) is 0 Å². The first-order valence-electron chi connectivity index (χ1n) is 12.1. The summed E-state index contributed by atoms with van der Waals surface area (Å²) in [5.41, 5.74) is 2.04. The Balaban J connectivity index is 2.00. The van der Waals surface area contributed by atoms with Gasteiger partial charge < -0.3 is 24.2 Å². The molecular formula is C28H35NO6. The van der Waals surface area contributed by atoms with Crippen molar-refractivity contribution in [3.8, 4) is 11.5 Å². The first kappa shape index (κ1) is 26.3. The number of carbonyl (C=O) groups excluding carboxylic acids is 2. The second-order valence-electron chi connectivity index (χ2n) is 8.64. The van der Waals surface area contributed by atoms with E-state index in [1.807, 2.05) is 31.2 Å². The molecule has 2 aromatic rings. The number of aliphatic hydroxyl groups excluding tert-OH is 1. The fourth-order valence-corrected chi connectivity index (χ4v) is 4.30. The van der Waals surface area contributed by atoms with Crippen molar-refractivity contribution in [2.24, 2.45) is 0 Å². The Morgan fingerprint density at radius 2 is 1.69 bits per heavy atom. The summed E-state index contributed by atoms with van der Waals surface area (Å²) in [7, 11) is 3.16. The van der Waals surface area contributed by atoms with E-state index in [1.165, 1.54) is 4.90 Å². The number of unbranched alkanes of at least 4 members (excludes halogenated alkanes) is 2. The van der Waals surface area contributed by atoms with E-state index in [1.54, 1.807) is 32.4 Å². The fourth-order valence-electron chi connectivity index (χ4n) is 4.30. The predicted octanol–water partition coefficient (Wildman–Crippen LogP) is 5.03. The normalized spacial score (nSPS) is 17.1. The van der Waals surface area contributed by atoms with Crippen LogP contribution in [0.5, 0.6) is 11.5 Å². The van der Waals surface area contributed by atoms with Crippen molar-refractivity contribution in [3.05, 3.63) is 64.7 Å². The molecule has 7 nitrogen and oxygen atoms in total. The molecule has 2 aromatic carbocycles. The monoisotopic (exact) mass is 481 g/mol. The van der Waals surface area contributed by atoms with E-state index in [9.17, 15) is 14.7 Å². The first-order chi connectivity index (χ1) is 16.9. The largest absolute Gasteiger partial charge is 0.507 e. The maximum absolute atomic E-state index is 13.2. The number of rotatable bonds is 12. The predicted molar refractivity (Wildman–Crippen MR) is 135 cm³/mol. The average molecular weight is 482 g/mol. The lowest BCUT2D eigenvalue weighted by Gasteiger charge is -2.25. The number of likely N-dealkylation sites (tertiary alicyclic amines) is 1. The Morgan fingerprint density at radius 1 is 0.971 bits per heavy atom. The van der Waals surface area contributed by atoms with E-state index in [-0.39, 0.29) is 11.3 Å². The quantitative estimate of drug-likeness (QED) is 0.198. The highest BCUT2D eigenvalue weighted by molar-refractivity contribution is 6.46. The van der Waals surface area contributed by atoms with Crippen molar-refractivity contribution in [2.45, 2.75) is 45.6 Å². The third-order valence-electron chi connectivity index (χ3n) is 6.19. The highest BCUT2D eigenvalue weighted by atomic mass is 16.5. The second kappa shape index (κ2) is 12.4. The summed E-state index contributed by atoms with van der Waals surface area (Å²) in [4.78, 5) is 27.7. The standard InChI is InChI=1S/C28H35NO6/c1-5-6-7-17-35-21-11-9-20(10-12-21)25-24(27(31)28(32)29(25)15-8-16-33-3)26(30)23-14-13-22(34-4)18-19(23)2/h9-14,18,25,30H,5-8,15-17H2,1-4H3. The molecule has 188 valence electrons. The first-order valence-corrected chi connectivity index (χ1v) is 12.1. The molecule has 0 radical (unpaired) electrons. The number of Topliss-reactive ketones (excluding diaryl/α,β-unsaturated/α-hetero) is 1. The van der Waals surface area contributed by atoms with Crippen LogP contribution in [0.2, 0.25) is 0 Å². The van der Waals surface area contributed by atoms with Crippen molar-refractivity contribution >= 4 is 17.4 Å². The van der Waals surface area contributed by atoms with Gasteiger partial charge in [0.25, 0.3) is 11.7 Å². The van der Waals surface area contributed by atoms with Crippen molar-refractivity contribution in [1.29, 1.82) is 0 Å². The van der Waals surface area contributed by atoms with Crippen LogP contribution in [0.15, 0.2) is 48.0 Å². The number of methoxy groups -OCH3 is 2. The molecule has 1 heterocycles. The zero-order chi connectivity index (χ0) is 25.4. The molecule has 0 spiro atoms. The molecule has 0 aliphatic carbocycles. The molecule has 1 aliphatic heterocycles. The summed E-state index contributed by atoms with van der Waals surface area (Å²) in [5, 5.41) is 11.3. The summed E-state index contributed by atoms with van der Waals surface area (Å²) in [6.07, 6.45) is 3.79. The van der Waals surface area contributed by atoms with Gasteiger partial charge in [0.1, 0.15) is 17.3 Å². The zero-order valence-electron chi connectivity index (χ0n) is 21.0. The topological polar surface area (TPSA) is 85.3 Å². The van der Waals surface area contributed by atoms with Gasteiger partial charge in [-0.05, 0) is 61.2 Å². The van der Waals surface area contributed by atoms with Crippen LogP contribution >= 0.6 is 0 Å². The van der Waals surface area contributed by atoms with Crippen LogP contribution < -0.4 is 9.47 Å². The van der Waals surface area contributed by atoms with Gasteiger partial charge in [0.15, 0.2) is 0 Å². The van der Waals surface area contributed by atoms with E-state index in [0.717, 1.165) is 36.1 Å². The van der Waals surface area contributed by atoms with Crippen LogP contribution in [-0.4, -0.2) is 55.7 Å². The van der Waals surface area contributed by atoms with Crippen molar-refractivity contribution < 1.29 is 28.9 Å². The van der Waals surface area contributed by atoms with Gasteiger partial charge in [-0.25, -0.2) is 0 Å². The number of benzene rings is 2. The molecule has 1 atom stereocenters. The van der Waals surface area contributed by atoms with Gasteiger partial charge in [0.05, 0.1) is 25.3 Å². The second-order valence-corrected chi connectivity index (χ2v) is 8.64. The average Bonchev–Trinajstić information content (AvgIpc) is 3.11. The van der Waals surface area contributed by atoms with E-state index < -0.39 is 17.7 Å². The van der Waals surface area contributed by atoms with Crippen LogP contribution in [0, 0.1) is 6.92 Å². The minimum atomic E-state index is -0.706. The highest BCUT2D eigenvalue weighted by Crippen LogP contribution is 2.40. The van der Waals surface area contributed by atoms with Crippen LogP contribution in [0.3, 0.4) is 0 Å². The summed E-state index contributed by atoms with van der Waals surface area (Å²) in [5.74, 6) is -0.140. The number of hydrogen-bond donors (Lipinski definition) is 1. The highest BCUT2D eigenvalue weighted by Gasteiger charge is 2.45. The van der Waals surface area contributed by atoms with Gasteiger partial charge in [-0.1, -0.05) is 31.9 Å². The molecule has 1 saturated heterocycles. The SMILES string of the molecule is CCCCCOc1ccc(C2C(=C(O)c3ccc(OC)cc3C)C(=O)C(=O)N2CCCOC)cc1. The molecule has 1 aliphatic rings. The number of carbonyl (C=O) groups is 2. The number of aryl methyl sites for hydroxylation is 1. The molecule has 0 aromatic heterocycles. The lowest BCUT2D eigenvalue weighted by Crippen LogP contribution is -2.31. The Hall–Kier alpha value is -3.32. The third-order valence-corrected chi connectivity index (χ3v) is 6.19. The molecular weight excluding hydrogens is 446 g/mol. The Kier molecular flexibility index (Phi) is 9.32. The maximum Gasteiger partial charge on any atom is 0.295 e. The summed E-state index contributed by atoms with van der Waals surface area (Å²) < 4.78 is 16.2. The molecule has 1 amide bonds. The van der Waals surface area contributed by atoms with Gasteiger partial charge in [0.2, 0.25) is 0 Å². The molecule has 1 unspecified atom stereocenters. The van der Waals surface area contributed by atoms with Crippen molar-refractivity contribution in [2.75, 3.05) is 34.0 Å². The van der Waals surface area contributed by atoms with Crippen LogP contribution in [-0.2, 0) is 14.3 Å². The zero-order valence-corrected chi connectivity index (χ0v) is 21.0. The number of nitrogens with zero attached hydrogens (tertiary/aromatic N) is 1. The molecule has 7 heteroatoms. The number of hydrogen-bond acceptors (Lipinski definition) is 6. The molecule has 35 heavy (non-hydrogen) atoms. The maximum atomic E-state index is 13.2. The number of amides is 1. The van der Waals surface area contributed by atoms with Crippen molar-refractivity contribution in [3.63, 3.8) is 0 Å². The lowest BCUT2D eigenvalue weighted by atomic mass is 9.93. The van der Waals surface area contributed by atoms with Gasteiger partial charge >= 0.3 is 0 Å². The van der Waals surface area contributed by atoms with Crippen molar-refractivity contribution in [1.82, 2.24) is 4.90 Å². The smallest absolute Gasteiger partial charge is 0.295 e. The lowest BCUT2D eigenvalue weighted by molar-refractivity contribution is -0.140. The molecule has 0 bridgehead atoms. The molecule has 3 rings (SSSR count). The van der Waals surface area contributed by atoms with E-state index in [2.05, 4.69) is 6.92 Å². The number of ketones is 1. The third kappa shape index (κ3) is 6.03. The van der Waals surface area contributed by atoms with E-state index in [4.69, 9.17) is 14.2 Å². The van der Waals surface area contributed by atoms with Gasteiger partial charge in [-0.3, -0.25) is 9.59 Å². The number of aliphatic hydroxyl groups is 1. The van der Waals surface area contributed by atoms with Gasteiger partial charge in [-0.2, -0.15) is 0 Å². The summed E-state index contributed by atoms with van der Waals surface area (Å²) in [6, 6.07) is 11.9. The summed E-state index contributed by atoms with van der Waals surface area (Å²) in [6.45, 7) is 5.39. The number of ether oxygens (including phenoxy) is 3. The van der Waals surface area contributed by atoms with Crippen LogP contribution in [0.25, 0.3) is 5.76 Å². The Labute approximate surface area is 207 Å². The minimum absolute atomic E-state index is 0.0808. The Bertz CT molecular complexity index is 1060. The van der Waals surface area contributed by atoms with Gasteiger partial charge in [0, 0.05) is 25.8 Å². The van der Waals surface area contributed by atoms with E-state index >= 15 is 0 Å². The van der Waals surface area contributed by atoms with E-state index in [0.29, 0.717) is 37.5 Å². The Morgan fingerprint density at radius 3 is 2.31 bits per heavy atom. The molecule has 1 N–H and O–H groups in total. The fraction of sp³-hybridized carbons (Fsp3) is 0.429. The minimum Gasteiger partial charge on any atom is -0.507 e. The molecule has 1 fully saturated rings. The summed E-state index contributed by atoms with van der Waals surface area (Å²) >= 11 is 0. The van der Waals surface area contributed by atoms with Crippen LogP contribution in [0.4, 0.5) is 0 Å².